The molecule has 0 aromatic heterocycles. The van der Waals surface area contributed by atoms with Crippen LogP contribution in [0.4, 0.5) is 15.8 Å². The number of hydrogen-bond donors (Lipinski definition) is 2. The lowest BCUT2D eigenvalue weighted by molar-refractivity contribution is -0.115. The molecule has 0 aliphatic heterocycles. The Kier molecular flexibility index (Phi) is 7.29. The summed E-state index contributed by atoms with van der Waals surface area (Å²) in [4.78, 5) is 14.1. The minimum atomic E-state index is -0.355. The summed E-state index contributed by atoms with van der Waals surface area (Å²) in [5, 5.41) is 5.77. The molecular formula is C20H22FN3OS. The van der Waals surface area contributed by atoms with Crippen LogP contribution in [0.1, 0.15) is 19.4 Å². The molecule has 0 saturated carbocycles. The molecule has 0 spiro atoms. The van der Waals surface area contributed by atoms with Gasteiger partial charge in [-0.25, -0.2) is 4.39 Å². The van der Waals surface area contributed by atoms with E-state index < -0.39 is 0 Å². The van der Waals surface area contributed by atoms with Crippen LogP contribution in [0.5, 0.6) is 0 Å². The van der Waals surface area contributed by atoms with Crippen molar-refractivity contribution in [1.82, 2.24) is 5.32 Å². The maximum atomic E-state index is 12.8. The molecule has 2 aromatic rings. The second kappa shape index (κ2) is 9.68. The van der Waals surface area contributed by atoms with Gasteiger partial charge in [0.05, 0.1) is 0 Å². The van der Waals surface area contributed by atoms with Gasteiger partial charge in [0.15, 0.2) is 5.11 Å². The number of hydrogen-bond acceptors (Lipinski definition) is 3. The summed E-state index contributed by atoms with van der Waals surface area (Å²) in [6.07, 6.45) is 2.95. The van der Waals surface area contributed by atoms with E-state index in [2.05, 4.69) is 29.4 Å². The highest BCUT2D eigenvalue weighted by Crippen LogP contribution is 2.17. The van der Waals surface area contributed by atoms with E-state index in [1.165, 1.54) is 18.2 Å². The quantitative estimate of drug-likeness (QED) is 0.590. The lowest BCUT2D eigenvalue weighted by Crippen LogP contribution is -2.32. The molecule has 0 heterocycles. The smallest absolute Gasteiger partial charge is 0.250 e. The van der Waals surface area contributed by atoms with Crippen molar-refractivity contribution in [2.45, 2.75) is 13.8 Å². The second-order valence-electron chi connectivity index (χ2n) is 5.55. The first kappa shape index (κ1) is 19.6. The van der Waals surface area contributed by atoms with Crippen LogP contribution in [0.3, 0.4) is 0 Å². The van der Waals surface area contributed by atoms with Crippen molar-refractivity contribution >= 4 is 40.7 Å². The summed E-state index contributed by atoms with van der Waals surface area (Å²) >= 11 is 5.15. The summed E-state index contributed by atoms with van der Waals surface area (Å²) in [5.74, 6) is -0.671. The molecule has 0 aliphatic carbocycles. The molecule has 2 aromatic carbocycles. The van der Waals surface area contributed by atoms with Crippen molar-refractivity contribution in [3.63, 3.8) is 0 Å². The van der Waals surface area contributed by atoms with Gasteiger partial charge in [-0.2, -0.15) is 0 Å². The Bertz CT molecular complexity index is 769. The van der Waals surface area contributed by atoms with Gasteiger partial charge in [-0.15, -0.1) is 0 Å². The number of thiocarbonyl (C=S) groups is 1. The van der Waals surface area contributed by atoms with Gasteiger partial charge in [0.25, 0.3) is 0 Å². The van der Waals surface area contributed by atoms with Gasteiger partial charge in [0.1, 0.15) is 5.82 Å². The van der Waals surface area contributed by atoms with Gasteiger partial charge in [0, 0.05) is 30.5 Å². The van der Waals surface area contributed by atoms with E-state index in [-0.39, 0.29) is 16.8 Å². The molecule has 0 fully saturated rings. The first-order chi connectivity index (χ1) is 12.5. The van der Waals surface area contributed by atoms with Gasteiger partial charge in [-0.1, -0.05) is 12.1 Å². The van der Waals surface area contributed by atoms with E-state index >= 15 is 0 Å². The van der Waals surface area contributed by atoms with Gasteiger partial charge >= 0.3 is 0 Å². The molecule has 0 bridgehead atoms. The number of benzene rings is 2. The van der Waals surface area contributed by atoms with Crippen LogP contribution < -0.4 is 15.5 Å². The highest BCUT2D eigenvalue weighted by Gasteiger charge is 2.04. The molecule has 0 atom stereocenters. The third kappa shape index (κ3) is 5.97. The predicted octanol–water partition coefficient (Wildman–Crippen LogP) is 4.20. The van der Waals surface area contributed by atoms with Crippen molar-refractivity contribution in [3.8, 4) is 0 Å². The van der Waals surface area contributed by atoms with Crippen molar-refractivity contribution < 1.29 is 9.18 Å². The van der Waals surface area contributed by atoms with E-state index in [1.54, 1.807) is 18.2 Å². The Morgan fingerprint density at radius 2 is 1.69 bits per heavy atom. The minimum Gasteiger partial charge on any atom is -0.372 e. The number of nitrogens with one attached hydrogen (secondary N) is 2. The zero-order valence-electron chi connectivity index (χ0n) is 14.8. The molecule has 4 nitrogen and oxygen atoms in total. The first-order valence-electron chi connectivity index (χ1n) is 8.42. The average Bonchev–Trinajstić information content (AvgIpc) is 2.63. The Morgan fingerprint density at radius 1 is 1.08 bits per heavy atom. The topological polar surface area (TPSA) is 44.4 Å². The largest absolute Gasteiger partial charge is 0.372 e. The van der Waals surface area contributed by atoms with Crippen LogP contribution in [0.2, 0.25) is 0 Å². The van der Waals surface area contributed by atoms with Crippen LogP contribution in [0.15, 0.2) is 54.6 Å². The number of halogens is 1. The van der Waals surface area contributed by atoms with Crippen molar-refractivity contribution in [2.24, 2.45) is 0 Å². The highest BCUT2D eigenvalue weighted by atomic mass is 32.1. The molecule has 6 heteroatoms. The van der Waals surface area contributed by atoms with E-state index in [0.29, 0.717) is 0 Å². The second-order valence-corrected chi connectivity index (χ2v) is 5.96. The zero-order chi connectivity index (χ0) is 18.9. The van der Waals surface area contributed by atoms with Gasteiger partial charge < -0.3 is 10.2 Å². The SMILES string of the molecule is CCN(CC)c1ccc(NC(=S)NC(=O)C=Cc2ccc(F)cc2)cc1. The molecule has 26 heavy (non-hydrogen) atoms. The Labute approximate surface area is 158 Å². The van der Waals surface area contributed by atoms with Gasteiger partial charge in [-0.3, -0.25) is 10.1 Å². The van der Waals surface area contributed by atoms with Crippen LogP contribution in [-0.2, 0) is 4.79 Å². The zero-order valence-corrected chi connectivity index (χ0v) is 15.6. The Balaban J connectivity index is 1.87. The molecule has 0 unspecified atom stereocenters. The first-order valence-corrected chi connectivity index (χ1v) is 8.83. The third-order valence-electron chi connectivity index (χ3n) is 3.79. The fourth-order valence-electron chi connectivity index (χ4n) is 2.41. The molecule has 136 valence electrons. The predicted molar refractivity (Wildman–Crippen MR) is 110 cm³/mol. The average molecular weight is 371 g/mol. The van der Waals surface area contributed by atoms with E-state index in [9.17, 15) is 9.18 Å². The van der Waals surface area contributed by atoms with Crippen LogP contribution in [0.25, 0.3) is 6.08 Å². The third-order valence-corrected chi connectivity index (χ3v) is 3.99. The van der Waals surface area contributed by atoms with Crippen molar-refractivity contribution in [1.29, 1.82) is 0 Å². The molecule has 0 aliphatic rings. The number of anilines is 2. The number of carbonyl (C=O) groups excluding carboxylic acids is 1. The number of carbonyl (C=O) groups is 1. The lowest BCUT2D eigenvalue weighted by Gasteiger charge is -2.21. The van der Waals surface area contributed by atoms with Gasteiger partial charge in [-0.05, 0) is 74.1 Å². The van der Waals surface area contributed by atoms with E-state index in [1.807, 2.05) is 24.3 Å². The van der Waals surface area contributed by atoms with Crippen molar-refractivity contribution in [2.75, 3.05) is 23.3 Å². The molecule has 0 radical (unpaired) electrons. The Morgan fingerprint density at radius 3 is 2.27 bits per heavy atom. The fourth-order valence-corrected chi connectivity index (χ4v) is 2.62. The Hall–Kier alpha value is -2.73. The standard InChI is InChI=1S/C20H22FN3OS/c1-3-24(4-2)18-12-10-17(11-13-18)22-20(26)23-19(25)14-7-15-5-8-16(21)9-6-15/h5-14H,3-4H2,1-2H3,(H2,22,23,25,26). The fraction of sp³-hybridized carbons (Fsp3) is 0.200. The minimum absolute atomic E-state index is 0.217. The number of amides is 1. The molecule has 2 rings (SSSR count). The van der Waals surface area contributed by atoms with E-state index in [4.69, 9.17) is 12.2 Å². The maximum absolute atomic E-state index is 12.8. The molecular weight excluding hydrogens is 349 g/mol. The van der Waals surface area contributed by atoms with E-state index in [0.717, 1.165) is 30.0 Å². The maximum Gasteiger partial charge on any atom is 0.250 e. The summed E-state index contributed by atoms with van der Waals surface area (Å²) < 4.78 is 12.8. The normalized spacial score (nSPS) is 10.6. The number of nitrogens with zero attached hydrogens (tertiary/aromatic N) is 1. The number of rotatable bonds is 6. The summed E-state index contributed by atoms with van der Waals surface area (Å²) in [7, 11) is 0. The molecule has 2 N–H and O–H groups in total. The van der Waals surface area contributed by atoms with Crippen LogP contribution in [-0.4, -0.2) is 24.1 Å². The summed E-state index contributed by atoms with van der Waals surface area (Å²) in [6.45, 7) is 6.11. The van der Waals surface area contributed by atoms with Crippen molar-refractivity contribution in [3.05, 3.63) is 66.0 Å². The summed E-state index contributed by atoms with van der Waals surface area (Å²) in [5.41, 5.74) is 2.67. The van der Waals surface area contributed by atoms with Crippen LogP contribution in [0, 0.1) is 5.82 Å². The summed E-state index contributed by atoms with van der Waals surface area (Å²) in [6, 6.07) is 13.7. The monoisotopic (exact) mass is 371 g/mol. The molecule has 0 saturated heterocycles. The lowest BCUT2D eigenvalue weighted by atomic mass is 10.2. The molecule has 1 amide bonds. The highest BCUT2D eigenvalue weighted by molar-refractivity contribution is 7.80. The van der Waals surface area contributed by atoms with Gasteiger partial charge in [0.2, 0.25) is 5.91 Å². The van der Waals surface area contributed by atoms with Crippen LogP contribution >= 0.6 is 12.2 Å².